The summed E-state index contributed by atoms with van der Waals surface area (Å²) in [5, 5.41) is 7.96. The van der Waals surface area contributed by atoms with Crippen LogP contribution in [0.4, 0.5) is 0 Å². The molecule has 1 aromatic rings. The van der Waals surface area contributed by atoms with Gasteiger partial charge in [0.1, 0.15) is 0 Å². The van der Waals surface area contributed by atoms with Crippen LogP contribution in [0.2, 0.25) is 0 Å². The number of aromatic nitrogens is 2. The molecule has 1 aliphatic heterocycles. The quantitative estimate of drug-likeness (QED) is 0.779. The standard InChI is InChI=1S/C16H27N5O3/c1-4-14-18-19-15(24-14)10-21(11(2)3)16(23)12-6-5-7-20(8-12)9-13(17)22/h11-12H,4-10H2,1-3H3,(H2,17,22)/t12-/m0/s1. The zero-order valence-corrected chi connectivity index (χ0v) is 14.7. The van der Waals surface area contributed by atoms with Gasteiger partial charge in [-0.25, -0.2) is 0 Å². The molecule has 0 aliphatic carbocycles. The molecule has 0 unspecified atom stereocenters. The average Bonchev–Trinajstić information content (AvgIpc) is 2.99. The van der Waals surface area contributed by atoms with E-state index in [4.69, 9.17) is 10.2 Å². The summed E-state index contributed by atoms with van der Waals surface area (Å²) < 4.78 is 5.54. The molecule has 1 saturated heterocycles. The van der Waals surface area contributed by atoms with Crippen molar-refractivity contribution in [3.05, 3.63) is 11.8 Å². The van der Waals surface area contributed by atoms with E-state index in [1.165, 1.54) is 0 Å². The van der Waals surface area contributed by atoms with Crippen molar-refractivity contribution in [3.8, 4) is 0 Å². The molecule has 0 bridgehead atoms. The van der Waals surface area contributed by atoms with Gasteiger partial charge >= 0.3 is 0 Å². The second-order valence-corrected chi connectivity index (χ2v) is 6.54. The van der Waals surface area contributed by atoms with E-state index in [2.05, 4.69) is 10.2 Å². The van der Waals surface area contributed by atoms with E-state index >= 15 is 0 Å². The summed E-state index contributed by atoms with van der Waals surface area (Å²) >= 11 is 0. The van der Waals surface area contributed by atoms with E-state index in [-0.39, 0.29) is 30.3 Å². The number of nitrogens with zero attached hydrogens (tertiary/aromatic N) is 4. The van der Waals surface area contributed by atoms with Gasteiger partial charge < -0.3 is 15.1 Å². The molecular weight excluding hydrogens is 310 g/mol. The van der Waals surface area contributed by atoms with Gasteiger partial charge in [0.25, 0.3) is 0 Å². The van der Waals surface area contributed by atoms with Crippen molar-refractivity contribution >= 4 is 11.8 Å². The van der Waals surface area contributed by atoms with Gasteiger partial charge in [0.05, 0.1) is 19.0 Å². The number of carbonyl (C=O) groups excluding carboxylic acids is 2. The highest BCUT2D eigenvalue weighted by molar-refractivity contribution is 5.80. The normalized spacial score (nSPS) is 18.8. The third-order valence-electron chi connectivity index (χ3n) is 4.26. The maximum atomic E-state index is 12.9. The summed E-state index contributed by atoms with van der Waals surface area (Å²) in [6, 6.07) is 0.0287. The lowest BCUT2D eigenvalue weighted by molar-refractivity contribution is -0.140. The van der Waals surface area contributed by atoms with Gasteiger partial charge in [-0.2, -0.15) is 0 Å². The lowest BCUT2D eigenvalue weighted by atomic mass is 9.96. The summed E-state index contributed by atoms with van der Waals surface area (Å²) in [6.07, 6.45) is 2.38. The Labute approximate surface area is 142 Å². The van der Waals surface area contributed by atoms with Gasteiger partial charge in [-0.3, -0.25) is 14.5 Å². The number of amides is 2. The summed E-state index contributed by atoms with van der Waals surface area (Å²) in [6.45, 7) is 7.77. The SMILES string of the molecule is CCc1nnc(CN(C(=O)[C@H]2CCCN(CC(N)=O)C2)C(C)C)o1. The molecule has 2 rings (SSSR count). The molecule has 1 fully saturated rings. The maximum Gasteiger partial charge on any atom is 0.235 e. The van der Waals surface area contributed by atoms with Crippen molar-refractivity contribution in [3.63, 3.8) is 0 Å². The first-order valence-corrected chi connectivity index (χ1v) is 8.53. The Hall–Kier alpha value is -1.96. The molecule has 0 spiro atoms. The van der Waals surface area contributed by atoms with Crippen LogP contribution in [0.25, 0.3) is 0 Å². The van der Waals surface area contributed by atoms with Gasteiger partial charge in [0, 0.05) is 19.0 Å². The molecule has 2 heterocycles. The maximum absolute atomic E-state index is 12.9. The van der Waals surface area contributed by atoms with Gasteiger partial charge in [0.2, 0.25) is 23.6 Å². The number of primary amides is 1. The minimum atomic E-state index is -0.359. The first-order chi connectivity index (χ1) is 11.4. The van der Waals surface area contributed by atoms with Crippen LogP contribution in [0.15, 0.2) is 4.42 Å². The van der Waals surface area contributed by atoms with E-state index in [0.29, 0.717) is 31.3 Å². The van der Waals surface area contributed by atoms with Crippen LogP contribution < -0.4 is 5.73 Å². The van der Waals surface area contributed by atoms with E-state index in [9.17, 15) is 9.59 Å². The Morgan fingerprint density at radius 2 is 2.08 bits per heavy atom. The first kappa shape index (κ1) is 18.4. The van der Waals surface area contributed by atoms with Gasteiger partial charge in [0.15, 0.2) is 0 Å². The highest BCUT2D eigenvalue weighted by atomic mass is 16.4. The number of hydrogen-bond donors (Lipinski definition) is 1. The summed E-state index contributed by atoms with van der Waals surface area (Å²) in [5.74, 6) is 0.608. The zero-order chi connectivity index (χ0) is 17.7. The Kier molecular flexibility index (Phi) is 6.30. The minimum absolute atomic E-state index is 0.0287. The monoisotopic (exact) mass is 337 g/mol. The molecule has 0 aromatic carbocycles. The van der Waals surface area contributed by atoms with Gasteiger partial charge in [-0.1, -0.05) is 6.92 Å². The third kappa shape index (κ3) is 4.77. The number of nitrogens with two attached hydrogens (primary N) is 1. The molecule has 2 N–H and O–H groups in total. The number of rotatable bonds is 7. The lowest BCUT2D eigenvalue weighted by Crippen LogP contribution is -2.48. The lowest BCUT2D eigenvalue weighted by Gasteiger charge is -2.35. The molecule has 0 saturated carbocycles. The molecule has 8 heteroatoms. The van der Waals surface area contributed by atoms with E-state index in [0.717, 1.165) is 19.4 Å². The second-order valence-electron chi connectivity index (χ2n) is 6.54. The van der Waals surface area contributed by atoms with Crippen molar-refractivity contribution in [2.45, 2.75) is 52.6 Å². The summed E-state index contributed by atoms with van der Waals surface area (Å²) in [4.78, 5) is 27.8. The number of hydrogen-bond acceptors (Lipinski definition) is 6. The molecule has 1 atom stereocenters. The molecule has 8 nitrogen and oxygen atoms in total. The van der Waals surface area contributed by atoms with Crippen LogP contribution >= 0.6 is 0 Å². The van der Waals surface area contributed by atoms with Crippen LogP contribution in [0.5, 0.6) is 0 Å². The highest BCUT2D eigenvalue weighted by Crippen LogP contribution is 2.21. The molecule has 0 radical (unpaired) electrons. The van der Waals surface area contributed by atoms with Crippen LogP contribution in [-0.2, 0) is 22.6 Å². The number of carbonyl (C=O) groups is 2. The van der Waals surface area contributed by atoms with Crippen LogP contribution in [-0.4, -0.2) is 57.5 Å². The fourth-order valence-corrected chi connectivity index (χ4v) is 3.01. The second kappa shape index (κ2) is 8.23. The highest BCUT2D eigenvalue weighted by Gasteiger charge is 2.31. The van der Waals surface area contributed by atoms with Crippen LogP contribution in [0, 0.1) is 5.92 Å². The van der Waals surface area contributed by atoms with Crippen molar-refractivity contribution in [1.29, 1.82) is 0 Å². The largest absolute Gasteiger partial charge is 0.423 e. The minimum Gasteiger partial charge on any atom is -0.423 e. The average molecular weight is 337 g/mol. The Balaban J connectivity index is 2.03. The number of likely N-dealkylation sites (tertiary alicyclic amines) is 1. The first-order valence-electron chi connectivity index (χ1n) is 8.53. The predicted octanol–water partition coefficient (Wildman–Crippen LogP) is 0.566. The van der Waals surface area contributed by atoms with Crippen LogP contribution in [0.1, 0.15) is 45.4 Å². The summed E-state index contributed by atoms with van der Waals surface area (Å²) in [5.41, 5.74) is 5.27. The zero-order valence-electron chi connectivity index (χ0n) is 14.7. The topological polar surface area (TPSA) is 106 Å². The molecule has 1 aliphatic rings. The smallest absolute Gasteiger partial charge is 0.235 e. The number of aryl methyl sites for hydroxylation is 1. The number of piperidine rings is 1. The molecular formula is C16H27N5O3. The van der Waals surface area contributed by atoms with E-state index in [1.807, 2.05) is 25.7 Å². The van der Waals surface area contributed by atoms with Crippen molar-refractivity contribution in [1.82, 2.24) is 20.0 Å². The Bertz CT molecular complexity index is 572. The summed E-state index contributed by atoms with van der Waals surface area (Å²) in [7, 11) is 0. The molecule has 2 amide bonds. The Morgan fingerprint density at radius 1 is 1.38 bits per heavy atom. The van der Waals surface area contributed by atoms with Crippen molar-refractivity contribution in [2.24, 2.45) is 11.7 Å². The van der Waals surface area contributed by atoms with Gasteiger partial charge in [-0.15, -0.1) is 10.2 Å². The van der Waals surface area contributed by atoms with Gasteiger partial charge in [-0.05, 0) is 33.2 Å². The fourth-order valence-electron chi connectivity index (χ4n) is 3.01. The van der Waals surface area contributed by atoms with E-state index < -0.39 is 0 Å². The fraction of sp³-hybridized carbons (Fsp3) is 0.750. The molecule has 24 heavy (non-hydrogen) atoms. The molecule has 1 aromatic heterocycles. The predicted molar refractivity (Wildman–Crippen MR) is 87.7 cm³/mol. The van der Waals surface area contributed by atoms with Crippen molar-refractivity contribution < 1.29 is 14.0 Å². The molecule has 134 valence electrons. The van der Waals surface area contributed by atoms with Crippen LogP contribution in [0.3, 0.4) is 0 Å². The van der Waals surface area contributed by atoms with Crippen molar-refractivity contribution in [2.75, 3.05) is 19.6 Å². The van der Waals surface area contributed by atoms with E-state index in [1.54, 1.807) is 4.90 Å². The third-order valence-corrected chi connectivity index (χ3v) is 4.26. The Morgan fingerprint density at radius 3 is 2.67 bits per heavy atom.